The van der Waals surface area contributed by atoms with Gasteiger partial charge in [0.05, 0.1) is 22.6 Å². The minimum atomic E-state index is -0.0471. The van der Waals surface area contributed by atoms with E-state index in [-0.39, 0.29) is 10.8 Å². The molecule has 0 saturated heterocycles. The van der Waals surface area contributed by atoms with Crippen LogP contribution in [0.1, 0.15) is 52.7 Å². The van der Waals surface area contributed by atoms with Crippen molar-refractivity contribution in [3.05, 3.63) is 211 Å². The van der Waals surface area contributed by atoms with Crippen molar-refractivity contribution in [3.63, 3.8) is 0 Å². The second-order valence-corrected chi connectivity index (χ2v) is 18.9. The lowest BCUT2D eigenvalue weighted by molar-refractivity contribution is 0.569. The number of H-pyrrole nitrogens is 1. The Kier molecular flexibility index (Phi) is 10.3. The molecule has 64 heavy (non-hydrogen) atoms. The lowest BCUT2D eigenvalue weighted by Crippen LogP contribution is -2.16. The molecule has 0 spiro atoms. The number of nitrogens with zero attached hydrogens (tertiary/aromatic N) is 3. The molecule has 4 nitrogen and oxygen atoms in total. The zero-order chi connectivity index (χ0) is 44.0. The third-order valence-electron chi connectivity index (χ3n) is 12.3. The third-order valence-corrected chi connectivity index (χ3v) is 12.3. The minimum absolute atomic E-state index is 0.0471. The molecule has 0 aliphatic carbocycles. The normalized spacial score (nSPS) is 11.9. The lowest BCUT2D eigenvalue weighted by atomic mass is 9.79. The Morgan fingerprint density at radius 2 is 1.00 bits per heavy atom. The molecule has 0 bridgehead atoms. The molecule has 10 aromatic rings. The fraction of sp³-hybridized carbons (Fsp3) is 0.133. The first-order valence-corrected chi connectivity index (χ1v) is 22.2. The summed E-state index contributed by atoms with van der Waals surface area (Å²) in [5.74, 6) is 0.823. The Morgan fingerprint density at radius 3 is 1.72 bits per heavy atom. The quantitative estimate of drug-likeness (QED) is 0.166. The first-order valence-electron chi connectivity index (χ1n) is 22.2. The highest BCUT2D eigenvalue weighted by Crippen LogP contribution is 2.44. The van der Waals surface area contributed by atoms with Crippen molar-refractivity contribution in [2.24, 2.45) is 0 Å². The highest BCUT2D eigenvalue weighted by Gasteiger charge is 2.24. The largest absolute Gasteiger partial charge is 0.354 e. The van der Waals surface area contributed by atoms with Gasteiger partial charge in [0.15, 0.2) is 0 Å². The molecule has 0 amide bonds. The Labute approximate surface area is 377 Å². The molecule has 0 unspecified atom stereocenters. The van der Waals surface area contributed by atoms with Gasteiger partial charge in [-0.1, -0.05) is 181 Å². The van der Waals surface area contributed by atoms with Crippen molar-refractivity contribution in [2.75, 3.05) is 4.90 Å². The number of pyridine rings is 2. The second kappa shape index (κ2) is 16.3. The number of para-hydroxylation sites is 3. The van der Waals surface area contributed by atoms with E-state index in [1.54, 1.807) is 0 Å². The van der Waals surface area contributed by atoms with Gasteiger partial charge in [-0.2, -0.15) is 0 Å². The highest BCUT2D eigenvalue weighted by molar-refractivity contribution is 6.11. The van der Waals surface area contributed by atoms with Crippen molar-refractivity contribution in [1.29, 1.82) is 0 Å². The molecule has 0 aliphatic rings. The number of nitrogens with one attached hydrogen (secondary N) is 1. The standard InChI is InChI=1S/C60H52N4/c1-59(2,3)46-33-43(34-47(39-46)60(4,5)6)44-37-54(62-55(38-44)52-27-19-26-51-50-25-13-15-28-53(50)63-58(51)52)45-32-42(40-20-9-7-10-21-40)35-48(36-45)64(57-30-17-18-31-61-57)56-29-16-14-24-49(56)41-22-11-8-12-23-41/h7-39,63H,1-6H3. The van der Waals surface area contributed by atoms with E-state index in [0.717, 1.165) is 78.6 Å². The number of aromatic amines is 1. The molecule has 3 heterocycles. The average Bonchev–Trinajstić information content (AvgIpc) is 3.71. The van der Waals surface area contributed by atoms with Gasteiger partial charge in [-0.05, 0) is 104 Å². The summed E-state index contributed by atoms with van der Waals surface area (Å²) < 4.78 is 0. The molecule has 0 aliphatic heterocycles. The summed E-state index contributed by atoms with van der Waals surface area (Å²) in [6, 6.07) is 69.7. The van der Waals surface area contributed by atoms with E-state index in [1.807, 2.05) is 12.3 Å². The SMILES string of the molecule is CC(C)(C)c1cc(-c2cc(-c3cc(-c4ccccc4)cc(N(c4ccccn4)c4ccccc4-c4ccccc4)c3)nc(-c3cccc4c3[nH]c3ccccc34)c2)cc(C(C)(C)C)c1. The molecule has 10 rings (SSSR count). The summed E-state index contributed by atoms with van der Waals surface area (Å²) in [4.78, 5) is 16.7. The summed E-state index contributed by atoms with van der Waals surface area (Å²) >= 11 is 0. The average molecular weight is 829 g/mol. The molecule has 0 atom stereocenters. The number of hydrogen-bond donors (Lipinski definition) is 1. The Balaban J connectivity index is 1.26. The predicted molar refractivity (Wildman–Crippen MR) is 271 cm³/mol. The molecular formula is C60H52N4. The fourth-order valence-corrected chi connectivity index (χ4v) is 8.83. The van der Waals surface area contributed by atoms with E-state index >= 15 is 0 Å². The van der Waals surface area contributed by atoms with Gasteiger partial charge in [-0.25, -0.2) is 9.97 Å². The Hall–Kier alpha value is -7.56. The van der Waals surface area contributed by atoms with Crippen LogP contribution in [0.3, 0.4) is 0 Å². The number of hydrogen-bond acceptors (Lipinski definition) is 3. The van der Waals surface area contributed by atoms with Crippen LogP contribution in [0.25, 0.3) is 77.7 Å². The van der Waals surface area contributed by atoms with Gasteiger partial charge >= 0.3 is 0 Å². The van der Waals surface area contributed by atoms with E-state index in [4.69, 9.17) is 9.97 Å². The van der Waals surface area contributed by atoms with Crippen molar-refractivity contribution < 1.29 is 0 Å². The van der Waals surface area contributed by atoms with Crippen LogP contribution in [0.4, 0.5) is 17.2 Å². The minimum Gasteiger partial charge on any atom is -0.354 e. The van der Waals surface area contributed by atoms with E-state index in [2.05, 4.69) is 239 Å². The zero-order valence-electron chi connectivity index (χ0n) is 37.4. The maximum absolute atomic E-state index is 5.65. The van der Waals surface area contributed by atoms with Crippen LogP contribution in [-0.2, 0) is 10.8 Å². The molecule has 3 aromatic heterocycles. The van der Waals surface area contributed by atoms with Gasteiger partial charge in [0.1, 0.15) is 5.82 Å². The monoisotopic (exact) mass is 828 g/mol. The first kappa shape index (κ1) is 40.5. The van der Waals surface area contributed by atoms with E-state index in [1.165, 1.54) is 27.5 Å². The van der Waals surface area contributed by atoms with Crippen LogP contribution in [0.5, 0.6) is 0 Å². The van der Waals surface area contributed by atoms with Gasteiger partial charge in [0.2, 0.25) is 0 Å². The van der Waals surface area contributed by atoms with E-state index < -0.39 is 0 Å². The number of fused-ring (bicyclic) bond motifs is 3. The molecule has 0 radical (unpaired) electrons. The van der Waals surface area contributed by atoms with Crippen LogP contribution < -0.4 is 4.90 Å². The topological polar surface area (TPSA) is 44.8 Å². The zero-order valence-corrected chi connectivity index (χ0v) is 37.4. The first-order chi connectivity index (χ1) is 31.0. The molecule has 0 fully saturated rings. The second-order valence-electron chi connectivity index (χ2n) is 18.9. The van der Waals surface area contributed by atoms with Crippen molar-refractivity contribution >= 4 is 39.0 Å². The number of anilines is 3. The van der Waals surface area contributed by atoms with Crippen LogP contribution in [0.15, 0.2) is 200 Å². The Morgan fingerprint density at radius 1 is 0.422 bits per heavy atom. The van der Waals surface area contributed by atoms with Gasteiger partial charge in [0, 0.05) is 44.9 Å². The van der Waals surface area contributed by atoms with E-state index in [9.17, 15) is 0 Å². The summed E-state index contributed by atoms with van der Waals surface area (Å²) in [7, 11) is 0. The van der Waals surface area contributed by atoms with Gasteiger partial charge < -0.3 is 4.98 Å². The number of aromatic nitrogens is 3. The van der Waals surface area contributed by atoms with Gasteiger partial charge in [-0.3, -0.25) is 4.90 Å². The summed E-state index contributed by atoms with van der Waals surface area (Å²) in [5.41, 5.74) is 17.3. The van der Waals surface area contributed by atoms with Crippen molar-refractivity contribution in [3.8, 4) is 55.9 Å². The summed E-state index contributed by atoms with van der Waals surface area (Å²) in [6.07, 6.45) is 1.87. The fourth-order valence-electron chi connectivity index (χ4n) is 8.83. The predicted octanol–water partition coefficient (Wildman–Crippen LogP) is 16.5. The van der Waals surface area contributed by atoms with Gasteiger partial charge in [-0.15, -0.1) is 0 Å². The third kappa shape index (κ3) is 7.88. The summed E-state index contributed by atoms with van der Waals surface area (Å²) in [6.45, 7) is 13.8. The molecule has 1 N–H and O–H groups in total. The smallest absolute Gasteiger partial charge is 0.137 e. The highest BCUT2D eigenvalue weighted by atomic mass is 15.2. The molecule has 312 valence electrons. The molecule has 4 heteroatoms. The maximum atomic E-state index is 5.65. The lowest BCUT2D eigenvalue weighted by Gasteiger charge is -2.28. The van der Waals surface area contributed by atoms with Crippen LogP contribution in [0, 0.1) is 0 Å². The molecular weight excluding hydrogens is 777 g/mol. The number of benzene rings is 7. The molecule has 7 aromatic carbocycles. The van der Waals surface area contributed by atoms with Crippen LogP contribution in [-0.4, -0.2) is 15.0 Å². The molecule has 0 saturated carbocycles. The maximum Gasteiger partial charge on any atom is 0.137 e. The van der Waals surface area contributed by atoms with Crippen LogP contribution in [0.2, 0.25) is 0 Å². The Bertz CT molecular complexity index is 3250. The van der Waals surface area contributed by atoms with Crippen molar-refractivity contribution in [1.82, 2.24) is 15.0 Å². The van der Waals surface area contributed by atoms with E-state index in [0.29, 0.717) is 0 Å². The number of rotatable bonds is 8. The van der Waals surface area contributed by atoms with Crippen molar-refractivity contribution in [2.45, 2.75) is 52.4 Å². The summed E-state index contributed by atoms with van der Waals surface area (Å²) in [5, 5.41) is 2.39. The van der Waals surface area contributed by atoms with Crippen LogP contribution >= 0.6 is 0 Å². The van der Waals surface area contributed by atoms with Gasteiger partial charge in [0.25, 0.3) is 0 Å².